The lowest BCUT2D eigenvalue weighted by atomic mass is 9.86. The van der Waals surface area contributed by atoms with Gasteiger partial charge in [0.1, 0.15) is 0 Å². The first-order valence-electron chi connectivity index (χ1n) is 5.47. The van der Waals surface area contributed by atoms with Crippen molar-refractivity contribution in [2.45, 2.75) is 26.2 Å². The third-order valence-electron chi connectivity index (χ3n) is 2.59. The second kappa shape index (κ2) is 3.76. The average molecular weight is 231 g/mol. The summed E-state index contributed by atoms with van der Waals surface area (Å²) in [4.78, 5) is 3.92. The molecule has 0 aliphatic heterocycles. The van der Waals surface area contributed by atoms with Crippen molar-refractivity contribution < 1.29 is 0 Å². The lowest BCUT2D eigenvalue weighted by Gasteiger charge is -2.22. The predicted octanol–water partition coefficient (Wildman–Crippen LogP) is 1.73. The molecule has 17 heavy (non-hydrogen) atoms. The van der Waals surface area contributed by atoms with Gasteiger partial charge in [-0.2, -0.15) is 9.67 Å². The van der Waals surface area contributed by atoms with Crippen molar-refractivity contribution in [1.29, 1.82) is 0 Å². The second-order valence-corrected chi connectivity index (χ2v) is 5.01. The van der Waals surface area contributed by atoms with E-state index in [1.54, 1.807) is 4.68 Å². The number of benzene rings is 1. The summed E-state index contributed by atoms with van der Waals surface area (Å²) in [6, 6.07) is 7.97. The van der Waals surface area contributed by atoms with Crippen LogP contribution in [0.15, 0.2) is 24.3 Å². The molecular weight excluding hydrogens is 214 g/mol. The highest BCUT2D eigenvalue weighted by Crippen LogP contribution is 2.28. The summed E-state index contributed by atoms with van der Waals surface area (Å²) in [5.41, 5.74) is 13.4. The van der Waals surface area contributed by atoms with Gasteiger partial charge in [0.25, 0.3) is 0 Å². The predicted molar refractivity (Wildman–Crippen MR) is 68.9 cm³/mol. The smallest absolute Gasteiger partial charge is 0.241 e. The zero-order valence-corrected chi connectivity index (χ0v) is 10.3. The summed E-state index contributed by atoms with van der Waals surface area (Å²) in [6.07, 6.45) is 0. The van der Waals surface area contributed by atoms with Crippen LogP contribution in [0.4, 0.5) is 11.9 Å². The summed E-state index contributed by atoms with van der Waals surface area (Å²) < 4.78 is 1.58. The Kier molecular flexibility index (Phi) is 2.53. The molecule has 0 unspecified atom stereocenters. The van der Waals surface area contributed by atoms with Gasteiger partial charge in [-0.25, -0.2) is 0 Å². The maximum absolute atomic E-state index is 5.79. The highest BCUT2D eigenvalue weighted by Gasteiger charge is 2.20. The first-order valence-corrected chi connectivity index (χ1v) is 5.47. The first-order chi connectivity index (χ1) is 7.89. The van der Waals surface area contributed by atoms with E-state index in [9.17, 15) is 0 Å². The van der Waals surface area contributed by atoms with Gasteiger partial charge in [-0.1, -0.05) is 39.0 Å². The summed E-state index contributed by atoms with van der Waals surface area (Å²) in [5, 5.41) is 4.11. The molecule has 0 fully saturated rings. The molecule has 2 aromatic rings. The van der Waals surface area contributed by atoms with E-state index < -0.39 is 0 Å². The number of nitrogen functional groups attached to an aromatic ring is 2. The Hall–Kier alpha value is -2.04. The minimum Gasteiger partial charge on any atom is -0.368 e. The number of rotatable bonds is 1. The summed E-state index contributed by atoms with van der Waals surface area (Å²) in [5.74, 6) is 0.491. The number of nitrogens with two attached hydrogens (primary N) is 2. The van der Waals surface area contributed by atoms with Crippen LogP contribution in [0.1, 0.15) is 26.3 Å². The summed E-state index contributed by atoms with van der Waals surface area (Å²) in [6.45, 7) is 6.42. The molecule has 2 rings (SSSR count). The number of aromatic nitrogens is 3. The Labute approximate surface area is 100 Å². The quantitative estimate of drug-likeness (QED) is 0.783. The molecule has 5 heteroatoms. The Morgan fingerprint density at radius 3 is 2.29 bits per heavy atom. The molecule has 90 valence electrons. The molecule has 5 nitrogen and oxygen atoms in total. The van der Waals surface area contributed by atoms with Crippen LogP contribution in [-0.4, -0.2) is 14.8 Å². The van der Waals surface area contributed by atoms with Crippen molar-refractivity contribution in [3.63, 3.8) is 0 Å². The van der Waals surface area contributed by atoms with Gasteiger partial charge in [0.05, 0.1) is 5.69 Å². The van der Waals surface area contributed by atoms with Gasteiger partial charge in [0.15, 0.2) is 0 Å². The van der Waals surface area contributed by atoms with Crippen LogP contribution in [0.2, 0.25) is 0 Å². The fourth-order valence-electron chi connectivity index (χ4n) is 1.81. The van der Waals surface area contributed by atoms with Crippen molar-refractivity contribution >= 4 is 11.9 Å². The van der Waals surface area contributed by atoms with E-state index in [0.717, 1.165) is 11.3 Å². The van der Waals surface area contributed by atoms with Crippen LogP contribution in [0.3, 0.4) is 0 Å². The molecule has 0 saturated carbocycles. The number of hydrogen-bond acceptors (Lipinski definition) is 4. The van der Waals surface area contributed by atoms with Crippen molar-refractivity contribution in [3.8, 4) is 5.69 Å². The van der Waals surface area contributed by atoms with E-state index >= 15 is 0 Å². The van der Waals surface area contributed by atoms with Crippen LogP contribution in [0.25, 0.3) is 5.69 Å². The molecule has 0 saturated heterocycles. The summed E-state index contributed by atoms with van der Waals surface area (Å²) >= 11 is 0. The third kappa shape index (κ3) is 2.08. The highest BCUT2D eigenvalue weighted by atomic mass is 15.4. The van der Waals surface area contributed by atoms with E-state index in [2.05, 4.69) is 36.9 Å². The van der Waals surface area contributed by atoms with Gasteiger partial charge >= 0.3 is 0 Å². The molecule has 0 aliphatic carbocycles. The normalized spacial score (nSPS) is 11.7. The van der Waals surface area contributed by atoms with Crippen LogP contribution in [-0.2, 0) is 5.41 Å². The third-order valence-corrected chi connectivity index (χ3v) is 2.59. The second-order valence-electron chi connectivity index (χ2n) is 5.01. The molecule has 0 radical (unpaired) electrons. The minimum atomic E-state index is 0.00372. The van der Waals surface area contributed by atoms with Crippen molar-refractivity contribution in [2.24, 2.45) is 0 Å². The molecule has 0 amide bonds. The fourth-order valence-corrected chi connectivity index (χ4v) is 1.81. The molecule has 0 bridgehead atoms. The van der Waals surface area contributed by atoms with Crippen molar-refractivity contribution in [3.05, 3.63) is 29.8 Å². The Morgan fingerprint density at radius 1 is 1.12 bits per heavy atom. The van der Waals surface area contributed by atoms with Crippen molar-refractivity contribution in [2.75, 3.05) is 11.5 Å². The maximum Gasteiger partial charge on any atom is 0.241 e. The zero-order valence-electron chi connectivity index (χ0n) is 10.3. The van der Waals surface area contributed by atoms with Gasteiger partial charge in [-0.05, 0) is 17.0 Å². The largest absolute Gasteiger partial charge is 0.368 e. The molecular formula is C12H17N5. The van der Waals surface area contributed by atoms with Crippen LogP contribution in [0.5, 0.6) is 0 Å². The van der Waals surface area contributed by atoms with E-state index in [1.807, 2.05) is 18.2 Å². The number of para-hydroxylation sites is 1. The zero-order chi connectivity index (χ0) is 12.6. The molecule has 1 heterocycles. The monoisotopic (exact) mass is 231 g/mol. The lowest BCUT2D eigenvalue weighted by Crippen LogP contribution is -2.16. The SMILES string of the molecule is CC(C)(C)c1ccccc1-n1nc(N)nc1N. The maximum atomic E-state index is 5.79. The average Bonchev–Trinajstić information content (AvgIpc) is 2.56. The minimum absolute atomic E-state index is 0.00372. The molecule has 0 atom stereocenters. The molecule has 1 aromatic carbocycles. The lowest BCUT2D eigenvalue weighted by molar-refractivity contribution is 0.584. The molecule has 0 spiro atoms. The van der Waals surface area contributed by atoms with Gasteiger partial charge in [-0.15, -0.1) is 5.10 Å². The Bertz CT molecular complexity index is 536. The Morgan fingerprint density at radius 2 is 1.76 bits per heavy atom. The fraction of sp³-hybridized carbons (Fsp3) is 0.333. The number of nitrogens with zero attached hydrogens (tertiary/aromatic N) is 3. The van der Waals surface area contributed by atoms with E-state index in [4.69, 9.17) is 11.5 Å². The van der Waals surface area contributed by atoms with Crippen LogP contribution < -0.4 is 11.5 Å². The molecule has 1 aromatic heterocycles. The van der Waals surface area contributed by atoms with E-state index in [0.29, 0.717) is 5.95 Å². The van der Waals surface area contributed by atoms with Crippen molar-refractivity contribution in [1.82, 2.24) is 14.8 Å². The van der Waals surface area contributed by atoms with Crippen LogP contribution >= 0.6 is 0 Å². The van der Waals surface area contributed by atoms with Gasteiger partial charge in [0, 0.05) is 0 Å². The summed E-state index contributed by atoms with van der Waals surface area (Å²) in [7, 11) is 0. The topological polar surface area (TPSA) is 82.8 Å². The first kappa shape index (κ1) is 11.4. The van der Waals surface area contributed by atoms with Gasteiger partial charge in [0.2, 0.25) is 11.9 Å². The number of anilines is 2. The van der Waals surface area contributed by atoms with Gasteiger partial charge < -0.3 is 11.5 Å². The molecule has 0 aliphatic rings. The van der Waals surface area contributed by atoms with E-state index in [-0.39, 0.29) is 11.4 Å². The highest BCUT2D eigenvalue weighted by molar-refractivity contribution is 5.48. The standard InChI is InChI=1S/C12H17N5/c1-12(2,3)8-6-4-5-7-9(8)17-11(14)15-10(13)16-17/h4-7H,1-3H3,(H4,13,14,15,16). The van der Waals surface area contributed by atoms with Crippen LogP contribution in [0, 0.1) is 0 Å². The van der Waals surface area contributed by atoms with Gasteiger partial charge in [-0.3, -0.25) is 0 Å². The Balaban J connectivity index is 2.64. The molecule has 4 N–H and O–H groups in total. The van der Waals surface area contributed by atoms with E-state index in [1.165, 1.54) is 0 Å². The number of hydrogen-bond donors (Lipinski definition) is 2.